The minimum absolute atomic E-state index is 0.391. The maximum atomic E-state index is 4.84. The van der Waals surface area contributed by atoms with Crippen LogP contribution in [0.5, 0.6) is 0 Å². The Bertz CT molecular complexity index is 3870. The molecule has 72 heavy (non-hydrogen) atoms. The number of nitrogens with zero attached hydrogens (tertiary/aromatic N) is 3. The summed E-state index contributed by atoms with van der Waals surface area (Å²) in [7, 11) is 0. The summed E-state index contributed by atoms with van der Waals surface area (Å²) in [6.07, 6.45) is 0. The van der Waals surface area contributed by atoms with Gasteiger partial charge in [-0.05, 0) is 160 Å². The van der Waals surface area contributed by atoms with Crippen LogP contribution < -0.4 is 4.90 Å². The lowest BCUT2D eigenvalue weighted by molar-refractivity contribution is 0.794. The van der Waals surface area contributed by atoms with Gasteiger partial charge in [-0.15, -0.1) is 0 Å². The number of hydrogen-bond acceptors (Lipinski definition) is 4. The van der Waals surface area contributed by atoms with E-state index in [1.807, 2.05) is 6.07 Å². The maximum Gasteiger partial charge on any atom is 0.128 e. The van der Waals surface area contributed by atoms with E-state index in [1.54, 1.807) is 0 Å². The van der Waals surface area contributed by atoms with Crippen LogP contribution in [0.3, 0.4) is 0 Å². The van der Waals surface area contributed by atoms with Crippen LogP contribution in [-0.2, 0) is 10.8 Å². The molecule has 0 amide bonds. The number of hydrogen-bond donors (Lipinski definition) is 0. The van der Waals surface area contributed by atoms with E-state index in [1.165, 1.54) is 123 Å². The fourth-order valence-electron chi connectivity index (χ4n) is 13.6. The van der Waals surface area contributed by atoms with Gasteiger partial charge in [0.15, 0.2) is 0 Å². The molecular formula is C68H41N3S. The largest absolute Gasteiger partial charge is 0.308 e. The molecule has 3 nitrogen and oxygen atoms in total. The van der Waals surface area contributed by atoms with Crippen molar-refractivity contribution in [1.29, 1.82) is 0 Å². The summed E-state index contributed by atoms with van der Waals surface area (Å²) in [6.45, 7) is 0. The first kappa shape index (κ1) is 39.8. The Hall–Kier alpha value is -8.96. The highest BCUT2D eigenvalue weighted by atomic mass is 32.1. The summed E-state index contributed by atoms with van der Waals surface area (Å²) >= 11 is 1.26. The van der Waals surface area contributed by atoms with Crippen LogP contribution in [0, 0.1) is 0 Å². The van der Waals surface area contributed by atoms with E-state index in [2.05, 4.69) is 252 Å². The normalized spacial score (nSPS) is 14.1. The van der Waals surface area contributed by atoms with E-state index in [0.29, 0.717) is 0 Å². The highest BCUT2D eigenvalue weighted by Crippen LogP contribution is 2.65. The third-order valence-electron chi connectivity index (χ3n) is 16.4. The first-order valence-corrected chi connectivity index (χ1v) is 25.5. The molecule has 16 rings (SSSR count). The first-order chi connectivity index (χ1) is 35.7. The second kappa shape index (κ2) is 14.8. The predicted molar refractivity (Wildman–Crippen MR) is 296 cm³/mol. The second-order valence-corrected chi connectivity index (χ2v) is 20.2. The minimum atomic E-state index is -0.391. The molecule has 0 atom stereocenters. The van der Waals surface area contributed by atoms with E-state index in [0.717, 1.165) is 28.1 Å². The molecule has 0 fully saturated rings. The number of rotatable bonds is 5. The topological polar surface area (TPSA) is 29.0 Å². The van der Waals surface area contributed by atoms with Gasteiger partial charge in [0.25, 0.3) is 0 Å². The Morgan fingerprint density at radius 3 is 0.986 bits per heavy atom. The summed E-state index contributed by atoms with van der Waals surface area (Å²) in [5.41, 5.74) is 30.1. The van der Waals surface area contributed by atoms with Crippen LogP contribution in [0.4, 0.5) is 17.1 Å². The fourth-order valence-corrected chi connectivity index (χ4v) is 14.1. The molecule has 0 aliphatic heterocycles. The van der Waals surface area contributed by atoms with Gasteiger partial charge in [0.2, 0.25) is 0 Å². The molecule has 2 spiro atoms. The molecule has 11 aromatic carbocycles. The molecular weight excluding hydrogens is 891 g/mol. The quantitative estimate of drug-likeness (QED) is 0.172. The van der Waals surface area contributed by atoms with Crippen molar-refractivity contribution < 1.29 is 0 Å². The summed E-state index contributed by atoms with van der Waals surface area (Å²) in [6, 6.07) is 92.8. The summed E-state index contributed by atoms with van der Waals surface area (Å²) < 4.78 is 9.51. The van der Waals surface area contributed by atoms with E-state index < -0.39 is 10.8 Å². The van der Waals surface area contributed by atoms with Crippen LogP contribution in [0.2, 0.25) is 0 Å². The van der Waals surface area contributed by atoms with Crippen molar-refractivity contribution in [3.63, 3.8) is 0 Å². The lowest BCUT2D eigenvalue weighted by Gasteiger charge is -2.30. The zero-order chi connectivity index (χ0) is 47.1. The first-order valence-electron chi connectivity index (χ1n) is 24.8. The van der Waals surface area contributed by atoms with Crippen LogP contribution in [0.25, 0.3) is 77.8 Å². The standard InChI is InChI=1S/C68H41N3S/c1-7-20-56-48(14-1)49-15-2-8-21-57(49)67(56)60-24-11-5-18-52(60)54-38-32-44(40-62(54)67)42-28-34-46(35-29-42)71(65-27-13-26-64-66(65)70-72-69-64)47-36-30-43(31-37-47)45-33-39-55-53-19-6-12-25-61(53)68(63(55)41-45)58-22-9-3-16-50(58)51-17-4-10-23-59(51)68/h1-41H. The Balaban J connectivity index is 0.800. The molecule has 4 heteroatoms. The monoisotopic (exact) mass is 931 g/mol. The van der Waals surface area contributed by atoms with Gasteiger partial charge in [0.05, 0.1) is 28.2 Å². The van der Waals surface area contributed by atoms with Crippen molar-refractivity contribution in [2.45, 2.75) is 10.8 Å². The van der Waals surface area contributed by atoms with Crippen molar-refractivity contribution in [1.82, 2.24) is 8.75 Å². The second-order valence-electron chi connectivity index (χ2n) is 19.6. The molecule has 1 aromatic heterocycles. The number of aromatic nitrogens is 2. The van der Waals surface area contributed by atoms with Gasteiger partial charge >= 0.3 is 0 Å². The predicted octanol–water partition coefficient (Wildman–Crippen LogP) is 17.2. The van der Waals surface area contributed by atoms with Crippen molar-refractivity contribution in [3.05, 3.63) is 293 Å². The van der Waals surface area contributed by atoms with Crippen LogP contribution in [0.15, 0.2) is 249 Å². The van der Waals surface area contributed by atoms with Gasteiger partial charge in [-0.2, -0.15) is 8.75 Å². The summed E-state index contributed by atoms with van der Waals surface area (Å²) in [5.74, 6) is 0. The van der Waals surface area contributed by atoms with Crippen LogP contribution in [-0.4, -0.2) is 8.75 Å². The zero-order valence-corrected chi connectivity index (χ0v) is 39.7. The number of benzene rings is 11. The van der Waals surface area contributed by atoms with E-state index in [4.69, 9.17) is 4.37 Å². The average molecular weight is 932 g/mol. The zero-order valence-electron chi connectivity index (χ0n) is 38.9. The molecule has 1 heterocycles. The van der Waals surface area contributed by atoms with Gasteiger partial charge in [0.1, 0.15) is 11.0 Å². The molecule has 0 saturated heterocycles. The minimum Gasteiger partial charge on any atom is -0.308 e. The van der Waals surface area contributed by atoms with Crippen molar-refractivity contribution in [2.24, 2.45) is 0 Å². The summed E-state index contributed by atoms with van der Waals surface area (Å²) in [5, 5.41) is 0. The van der Waals surface area contributed by atoms with E-state index >= 15 is 0 Å². The molecule has 334 valence electrons. The molecule has 0 bridgehead atoms. The Kier molecular flexibility index (Phi) is 8.18. The summed E-state index contributed by atoms with van der Waals surface area (Å²) in [4.78, 5) is 2.33. The lowest BCUT2D eigenvalue weighted by atomic mass is 9.70. The molecule has 0 N–H and O–H groups in total. The van der Waals surface area contributed by atoms with Gasteiger partial charge in [-0.1, -0.05) is 200 Å². The van der Waals surface area contributed by atoms with Gasteiger partial charge in [-0.3, -0.25) is 0 Å². The molecule has 0 radical (unpaired) electrons. The Morgan fingerprint density at radius 1 is 0.278 bits per heavy atom. The molecule has 4 aliphatic carbocycles. The third kappa shape index (κ3) is 5.13. The highest BCUT2D eigenvalue weighted by Gasteiger charge is 2.53. The Labute approximate surface area is 422 Å². The van der Waals surface area contributed by atoms with Gasteiger partial charge in [-0.25, -0.2) is 0 Å². The lowest BCUT2D eigenvalue weighted by Crippen LogP contribution is -2.25. The van der Waals surface area contributed by atoms with Crippen LogP contribution >= 0.6 is 11.7 Å². The fraction of sp³-hybridized carbons (Fsp3) is 0.0294. The van der Waals surface area contributed by atoms with Gasteiger partial charge < -0.3 is 4.90 Å². The van der Waals surface area contributed by atoms with Crippen molar-refractivity contribution >= 4 is 39.8 Å². The maximum absolute atomic E-state index is 4.84. The molecule has 0 saturated carbocycles. The molecule has 12 aromatic rings. The Morgan fingerprint density at radius 2 is 0.611 bits per heavy atom. The number of fused-ring (bicyclic) bond motifs is 21. The molecule has 0 unspecified atom stereocenters. The smallest absolute Gasteiger partial charge is 0.128 e. The highest BCUT2D eigenvalue weighted by molar-refractivity contribution is 7.00. The molecule has 4 aliphatic rings. The number of anilines is 3. The van der Waals surface area contributed by atoms with Crippen molar-refractivity contribution in [3.8, 4) is 66.8 Å². The average Bonchev–Trinajstić information content (AvgIpc) is 4.26. The van der Waals surface area contributed by atoms with E-state index in [-0.39, 0.29) is 0 Å². The van der Waals surface area contributed by atoms with Crippen molar-refractivity contribution in [2.75, 3.05) is 4.90 Å². The third-order valence-corrected chi connectivity index (χ3v) is 17.0. The van der Waals surface area contributed by atoms with Crippen LogP contribution in [0.1, 0.15) is 44.5 Å². The SMILES string of the molecule is c1ccc2c(c1)-c1ccccc1C21c2ccccc2-c2ccc(-c3ccc(N(c4ccc(-c5ccc6c(c5)C5(c7ccccc7-c7ccccc75)c5ccccc5-6)cc4)c4cccc5nsnc45)cc3)cc21. The van der Waals surface area contributed by atoms with E-state index in [9.17, 15) is 0 Å². The van der Waals surface area contributed by atoms with Gasteiger partial charge in [0, 0.05) is 11.4 Å².